The fourth-order valence-electron chi connectivity index (χ4n) is 1.49. The first-order chi connectivity index (χ1) is 6.67. The average molecular weight is 187 g/mol. The van der Waals surface area contributed by atoms with Gasteiger partial charge in [0.05, 0.1) is 0 Å². The van der Waals surface area contributed by atoms with Gasteiger partial charge in [-0.15, -0.1) is 0 Å². The Bertz CT molecular complexity index is 377. The van der Waals surface area contributed by atoms with E-state index in [1.807, 2.05) is 42.5 Å². The first kappa shape index (κ1) is 9.19. The summed E-state index contributed by atoms with van der Waals surface area (Å²) in [5.74, 6) is 0. The van der Waals surface area contributed by atoms with Gasteiger partial charge in [-0.3, -0.25) is 0 Å². The Kier molecular flexibility index (Phi) is 2.23. The summed E-state index contributed by atoms with van der Waals surface area (Å²) in [6.07, 6.45) is 5.91. The summed E-state index contributed by atoms with van der Waals surface area (Å²) in [4.78, 5) is 0. The van der Waals surface area contributed by atoms with Crippen molar-refractivity contribution in [2.75, 3.05) is 0 Å². The molecule has 14 heavy (non-hydrogen) atoms. The molecule has 0 saturated heterocycles. The number of allylic oxidation sites excluding steroid dienone is 2. The molecule has 0 spiro atoms. The lowest BCUT2D eigenvalue weighted by Crippen LogP contribution is -2.37. The zero-order valence-corrected chi connectivity index (χ0v) is 7.85. The van der Waals surface area contributed by atoms with Crippen LogP contribution in [0.1, 0.15) is 12.0 Å². The van der Waals surface area contributed by atoms with Gasteiger partial charge in [0.15, 0.2) is 0 Å². The molecule has 0 amide bonds. The Balaban J connectivity index is 2.25. The summed E-state index contributed by atoms with van der Waals surface area (Å²) in [6, 6.07) is 10.0. The van der Waals surface area contributed by atoms with Crippen LogP contribution in [0.4, 0.5) is 0 Å². The maximum Gasteiger partial charge on any atom is 0.136 e. The summed E-state index contributed by atoms with van der Waals surface area (Å²) in [6.45, 7) is 0. The number of hydrogen-bond acceptors (Lipinski definition) is 2. The standard InChI is InChI=1S/C12H13NO/c13-12(14)8-6-11(7-9-12)10-4-2-1-3-5-10/h1-8,14H,9,13H2. The largest absolute Gasteiger partial charge is 0.372 e. The lowest BCUT2D eigenvalue weighted by molar-refractivity contribution is 0.101. The van der Waals surface area contributed by atoms with Crippen LogP contribution in [0.25, 0.3) is 5.57 Å². The molecule has 0 heterocycles. The van der Waals surface area contributed by atoms with Gasteiger partial charge in [-0.1, -0.05) is 42.5 Å². The summed E-state index contributed by atoms with van der Waals surface area (Å²) >= 11 is 0. The Morgan fingerprint density at radius 3 is 2.50 bits per heavy atom. The van der Waals surface area contributed by atoms with Crippen molar-refractivity contribution in [3.05, 3.63) is 54.1 Å². The van der Waals surface area contributed by atoms with Crippen molar-refractivity contribution in [1.29, 1.82) is 0 Å². The van der Waals surface area contributed by atoms with E-state index in [4.69, 9.17) is 5.73 Å². The molecular weight excluding hydrogens is 174 g/mol. The molecule has 0 bridgehead atoms. The van der Waals surface area contributed by atoms with Crippen LogP contribution >= 0.6 is 0 Å². The molecule has 0 aliphatic heterocycles. The molecule has 1 aromatic carbocycles. The third kappa shape index (κ3) is 1.92. The molecule has 72 valence electrons. The SMILES string of the molecule is NC1(O)C=CC(c2ccccc2)=CC1. The number of nitrogens with two attached hydrogens (primary N) is 1. The topological polar surface area (TPSA) is 46.2 Å². The van der Waals surface area contributed by atoms with Gasteiger partial charge in [0.1, 0.15) is 5.72 Å². The van der Waals surface area contributed by atoms with Gasteiger partial charge in [0.25, 0.3) is 0 Å². The van der Waals surface area contributed by atoms with Crippen LogP contribution in [0, 0.1) is 0 Å². The van der Waals surface area contributed by atoms with Crippen LogP contribution in [0.5, 0.6) is 0 Å². The minimum absolute atomic E-state index is 0.466. The van der Waals surface area contributed by atoms with Crippen molar-refractivity contribution in [2.24, 2.45) is 5.73 Å². The van der Waals surface area contributed by atoms with Crippen molar-refractivity contribution in [3.63, 3.8) is 0 Å². The van der Waals surface area contributed by atoms with E-state index in [0.717, 1.165) is 11.1 Å². The normalized spacial score (nSPS) is 26.0. The maximum atomic E-state index is 9.49. The number of hydrogen-bond donors (Lipinski definition) is 2. The second-order valence-electron chi connectivity index (χ2n) is 3.55. The summed E-state index contributed by atoms with van der Waals surface area (Å²) in [5, 5.41) is 9.49. The van der Waals surface area contributed by atoms with Gasteiger partial charge in [0, 0.05) is 6.42 Å². The van der Waals surface area contributed by atoms with Crippen molar-refractivity contribution < 1.29 is 5.11 Å². The second-order valence-corrected chi connectivity index (χ2v) is 3.55. The fourth-order valence-corrected chi connectivity index (χ4v) is 1.49. The van der Waals surface area contributed by atoms with Crippen LogP contribution in [0.3, 0.4) is 0 Å². The van der Waals surface area contributed by atoms with Gasteiger partial charge in [-0.2, -0.15) is 0 Å². The highest BCUT2D eigenvalue weighted by molar-refractivity contribution is 5.75. The average Bonchev–Trinajstić information content (AvgIpc) is 2.19. The molecule has 1 aliphatic carbocycles. The predicted molar refractivity (Wildman–Crippen MR) is 57.3 cm³/mol. The second kappa shape index (κ2) is 3.40. The van der Waals surface area contributed by atoms with Gasteiger partial charge < -0.3 is 10.8 Å². The van der Waals surface area contributed by atoms with Gasteiger partial charge in [-0.05, 0) is 17.2 Å². The first-order valence-electron chi connectivity index (χ1n) is 4.63. The number of rotatable bonds is 1. The third-order valence-electron chi connectivity index (χ3n) is 2.31. The smallest absolute Gasteiger partial charge is 0.136 e. The van der Waals surface area contributed by atoms with E-state index in [2.05, 4.69) is 0 Å². The Labute approximate surface area is 83.4 Å². The fraction of sp³-hybridized carbons (Fsp3) is 0.167. The third-order valence-corrected chi connectivity index (χ3v) is 2.31. The molecule has 0 aromatic heterocycles. The minimum Gasteiger partial charge on any atom is -0.372 e. The highest BCUT2D eigenvalue weighted by Crippen LogP contribution is 2.23. The zero-order valence-electron chi connectivity index (χ0n) is 7.85. The van der Waals surface area contributed by atoms with E-state index < -0.39 is 5.72 Å². The molecule has 3 N–H and O–H groups in total. The maximum absolute atomic E-state index is 9.49. The quantitative estimate of drug-likeness (QED) is 0.657. The van der Waals surface area contributed by atoms with E-state index in [1.165, 1.54) is 0 Å². The summed E-state index contributed by atoms with van der Waals surface area (Å²) < 4.78 is 0. The molecule has 0 fully saturated rings. The zero-order chi connectivity index (χ0) is 10.0. The van der Waals surface area contributed by atoms with Gasteiger partial charge in [-0.25, -0.2) is 0 Å². The lowest BCUT2D eigenvalue weighted by atomic mass is 9.96. The van der Waals surface area contributed by atoms with Gasteiger partial charge in [0.2, 0.25) is 0 Å². The van der Waals surface area contributed by atoms with Crippen molar-refractivity contribution in [3.8, 4) is 0 Å². The van der Waals surface area contributed by atoms with Crippen LogP contribution < -0.4 is 5.73 Å². The molecule has 2 rings (SSSR count). The predicted octanol–water partition coefficient (Wildman–Crippen LogP) is 1.68. The molecule has 1 unspecified atom stereocenters. The summed E-state index contributed by atoms with van der Waals surface area (Å²) in [5.41, 5.74) is 6.64. The molecule has 1 aliphatic rings. The van der Waals surface area contributed by atoms with E-state index in [-0.39, 0.29) is 0 Å². The Hall–Kier alpha value is -1.38. The summed E-state index contributed by atoms with van der Waals surface area (Å²) in [7, 11) is 0. The molecule has 1 aromatic rings. The van der Waals surface area contributed by atoms with Crippen LogP contribution in [0.15, 0.2) is 48.6 Å². The monoisotopic (exact) mass is 187 g/mol. The molecule has 0 radical (unpaired) electrons. The van der Waals surface area contributed by atoms with Crippen LogP contribution in [-0.4, -0.2) is 10.8 Å². The van der Waals surface area contributed by atoms with Crippen molar-refractivity contribution in [1.82, 2.24) is 0 Å². The highest BCUT2D eigenvalue weighted by Gasteiger charge is 2.18. The van der Waals surface area contributed by atoms with E-state index in [1.54, 1.807) is 6.08 Å². The van der Waals surface area contributed by atoms with Crippen LogP contribution in [0.2, 0.25) is 0 Å². The lowest BCUT2D eigenvalue weighted by Gasteiger charge is -2.21. The molecular formula is C12H13NO. The van der Waals surface area contributed by atoms with Gasteiger partial charge >= 0.3 is 0 Å². The van der Waals surface area contributed by atoms with Crippen LogP contribution in [-0.2, 0) is 0 Å². The Morgan fingerprint density at radius 1 is 1.21 bits per heavy atom. The van der Waals surface area contributed by atoms with E-state index in [9.17, 15) is 5.11 Å². The highest BCUT2D eigenvalue weighted by atomic mass is 16.3. The van der Waals surface area contributed by atoms with Crippen molar-refractivity contribution in [2.45, 2.75) is 12.1 Å². The minimum atomic E-state index is -1.17. The molecule has 1 atom stereocenters. The van der Waals surface area contributed by atoms with Crippen molar-refractivity contribution >= 4 is 5.57 Å². The first-order valence-corrected chi connectivity index (χ1v) is 4.63. The van der Waals surface area contributed by atoms with E-state index >= 15 is 0 Å². The number of benzene rings is 1. The Morgan fingerprint density at radius 2 is 1.93 bits per heavy atom. The molecule has 2 heteroatoms. The van der Waals surface area contributed by atoms with E-state index in [0.29, 0.717) is 6.42 Å². The molecule has 0 saturated carbocycles. The molecule has 2 nitrogen and oxygen atoms in total. The number of aliphatic hydroxyl groups is 1.